The molecule has 0 bridgehead atoms. The van der Waals surface area contributed by atoms with Gasteiger partial charge in [-0.3, -0.25) is 0 Å². The van der Waals surface area contributed by atoms with E-state index in [1.54, 1.807) is 0 Å². The minimum atomic E-state index is 0.195. The van der Waals surface area contributed by atoms with Crippen molar-refractivity contribution >= 4 is 5.69 Å². The molecule has 0 radical (unpaired) electrons. The summed E-state index contributed by atoms with van der Waals surface area (Å²) >= 11 is 0. The second kappa shape index (κ2) is 10.5. The zero-order valence-corrected chi connectivity index (χ0v) is 21.4. The summed E-state index contributed by atoms with van der Waals surface area (Å²) in [6.07, 6.45) is 12.7. The van der Waals surface area contributed by atoms with Gasteiger partial charge >= 0.3 is 0 Å². The van der Waals surface area contributed by atoms with Gasteiger partial charge in [-0.1, -0.05) is 57.0 Å². The Labute approximate surface area is 211 Å². The van der Waals surface area contributed by atoms with Crippen LogP contribution in [0.15, 0.2) is 30.3 Å². The molecule has 0 amide bonds. The maximum Gasteiger partial charge on any atom is 0.211 e. The molecule has 2 aromatic rings. The fraction of sp³-hybridized carbons (Fsp3) is 0.562. The van der Waals surface area contributed by atoms with Crippen molar-refractivity contribution in [2.75, 3.05) is 0 Å². The minimum absolute atomic E-state index is 0.195. The second-order valence-corrected chi connectivity index (χ2v) is 11.3. The molecule has 2 saturated carbocycles. The number of benzene rings is 2. The Morgan fingerprint density at radius 2 is 1.66 bits per heavy atom. The molecule has 1 aliphatic heterocycles. The van der Waals surface area contributed by atoms with E-state index < -0.39 is 0 Å². The molecule has 35 heavy (non-hydrogen) atoms. The Kier molecular flexibility index (Phi) is 7.15. The van der Waals surface area contributed by atoms with Gasteiger partial charge in [0.25, 0.3) is 0 Å². The Morgan fingerprint density at radius 1 is 0.971 bits per heavy atom. The molecular weight excluding hydrogens is 428 g/mol. The Hall–Kier alpha value is -2.78. The average Bonchev–Trinajstić information content (AvgIpc) is 2.92. The third kappa shape index (κ3) is 4.84. The van der Waals surface area contributed by atoms with Gasteiger partial charge in [0, 0.05) is 0 Å². The van der Waals surface area contributed by atoms with E-state index >= 15 is 0 Å². The highest BCUT2D eigenvalue weighted by molar-refractivity contribution is 5.72. The number of rotatable bonds is 4. The maximum atomic E-state index is 10.1. The molecule has 0 aromatic heterocycles. The quantitative estimate of drug-likeness (QED) is 0.423. The summed E-state index contributed by atoms with van der Waals surface area (Å²) in [5.41, 5.74) is 6.15. The van der Waals surface area contributed by atoms with Gasteiger partial charge in [-0.2, -0.15) is 5.26 Å². The van der Waals surface area contributed by atoms with Crippen LogP contribution in [0.4, 0.5) is 5.69 Å². The highest BCUT2D eigenvalue weighted by Crippen LogP contribution is 2.48. The smallest absolute Gasteiger partial charge is 0.211 e. The van der Waals surface area contributed by atoms with Crippen molar-refractivity contribution < 1.29 is 4.74 Å². The number of ether oxygens (including phenoxy) is 1. The second-order valence-electron chi connectivity index (χ2n) is 11.3. The van der Waals surface area contributed by atoms with Crippen LogP contribution >= 0.6 is 0 Å². The summed E-state index contributed by atoms with van der Waals surface area (Å²) < 4.78 is 6.54. The van der Waals surface area contributed by atoms with E-state index in [2.05, 4.69) is 55.1 Å². The van der Waals surface area contributed by atoms with Crippen molar-refractivity contribution in [2.45, 2.75) is 102 Å². The van der Waals surface area contributed by atoms with Crippen LogP contribution in [0.25, 0.3) is 4.85 Å². The summed E-state index contributed by atoms with van der Waals surface area (Å²) in [5.74, 6) is 3.09. The first-order valence-electron chi connectivity index (χ1n) is 13.8. The molecule has 2 aromatic carbocycles. The monoisotopic (exact) mass is 466 g/mol. The van der Waals surface area contributed by atoms with Crippen molar-refractivity contribution in [3.8, 4) is 11.8 Å². The van der Waals surface area contributed by atoms with Crippen LogP contribution in [0, 0.1) is 29.7 Å². The molecule has 1 atom stereocenters. The summed E-state index contributed by atoms with van der Waals surface area (Å²) in [7, 11) is 0. The number of nitrogens with zero attached hydrogens (tertiary/aromatic N) is 2. The summed E-state index contributed by atoms with van der Waals surface area (Å²) in [6, 6.07) is 13.8. The molecule has 2 aliphatic carbocycles. The molecule has 3 heteroatoms. The molecule has 0 N–H and O–H groups in total. The van der Waals surface area contributed by atoms with Gasteiger partial charge in [0.2, 0.25) is 5.69 Å². The van der Waals surface area contributed by atoms with Gasteiger partial charge in [0.1, 0.15) is 17.4 Å². The van der Waals surface area contributed by atoms with Gasteiger partial charge in [-0.25, -0.2) is 4.85 Å². The maximum absolute atomic E-state index is 10.1. The van der Waals surface area contributed by atoms with Gasteiger partial charge < -0.3 is 4.74 Å². The third-order valence-electron chi connectivity index (χ3n) is 9.16. The number of fused-ring (bicyclic) bond motifs is 1. The van der Waals surface area contributed by atoms with E-state index in [9.17, 15) is 5.26 Å². The molecule has 3 aliphatic rings. The van der Waals surface area contributed by atoms with Crippen LogP contribution < -0.4 is 4.74 Å². The Balaban J connectivity index is 1.34. The summed E-state index contributed by atoms with van der Waals surface area (Å²) in [4.78, 5) is 3.92. The van der Waals surface area contributed by atoms with Gasteiger partial charge in [-0.15, -0.1) is 0 Å². The third-order valence-corrected chi connectivity index (χ3v) is 9.16. The fourth-order valence-corrected chi connectivity index (χ4v) is 6.85. The molecule has 0 spiro atoms. The van der Waals surface area contributed by atoms with E-state index in [-0.39, 0.29) is 6.10 Å². The molecule has 5 rings (SSSR count). The zero-order valence-electron chi connectivity index (χ0n) is 21.4. The molecule has 0 saturated heterocycles. The standard InChI is InChI=1S/C32H38N2O/c1-4-22-7-11-23(12-8-22)24-13-15-25(16-14-24)28-19-27-17-18-30(26-9-5-21(2)6-10-26)35-32(27)29(20-33)31(28)34-3/h7-8,11-12,19,21,24-26,30H,4-6,9-10,13-18H2,1-2H3. The lowest BCUT2D eigenvalue weighted by Crippen LogP contribution is -2.33. The largest absolute Gasteiger partial charge is 0.490 e. The first-order chi connectivity index (χ1) is 17.1. The Morgan fingerprint density at radius 3 is 2.29 bits per heavy atom. The molecule has 182 valence electrons. The van der Waals surface area contributed by atoms with Gasteiger partial charge in [-0.05, 0) is 104 Å². The van der Waals surface area contributed by atoms with E-state index in [1.165, 1.54) is 36.8 Å². The average molecular weight is 467 g/mol. The van der Waals surface area contributed by atoms with E-state index in [0.29, 0.717) is 29.0 Å². The molecule has 2 fully saturated rings. The fourth-order valence-electron chi connectivity index (χ4n) is 6.85. The van der Waals surface area contributed by atoms with Crippen LogP contribution in [-0.4, -0.2) is 6.10 Å². The van der Waals surface area contributed by atoms with Crippen LogP contribution in [0.5, 0.6) is 5.75 Å². The lowest BCUT2D eigenvalue weighted by Gasteiger charge is -2.37. The van der Waals surface area contributed by atoms with E-state index in [4.69, 9.17) is 11.3 Å². The SMILES string of the molecule is [C-]#[N+]c1c(C2CCC(c3ccc(CC)cc3)CC2)cc2c(c1C#N)OC(C1CCC(C)CC1)CC2. The van der Waals surface area contributed by atoms with Crippen molar-refractivity contribution in [1.82, 2.24) is 0 Å². The molecule has 3 nitrogen and oxygen atoms in total. The van der Waals surface area contributed by atoms with Crippen LogP contribution in [0.1, 0.15) is 111 Å². The number of nitriles is 1. The number of aryl methyl sites for hydroxylation is 2. The van der Waals surface area contributed by atoms with Gasteiger partial charge in [0.15, 0.2) is 0 Å². The molecular formula is C32H38N2O. The number of hydrogen-bond acceptors (Lipinski definition) is 2. The van der Waals surface area contributed by atoms with Gasteiger partial charge in [0.05, 0.1) is 12.6 Å². The minimum Gasteiger partial charge on any atom is -0.490 e. The van der Waals surface area contributed by atoms with Crippen LogP contribution in [-0.2, 0) is 12.8 Å². The van der Waals surface area contributed by atoms with Crippen molar-refractivity contribution in [1.29, 1.82) is 5.26 Å². The molecule has 1 heterocycles. The lowest BCUT2D eigenvalue weighted by atomic mass is 9.74. The van der Waals surface area contributed by atoms with Crippen LogP contribution in [0.2, 0.25) is 0 Å². The predicted molar refractivity (Wildman–Crippen MR) is 141 cm³/mol. The van der Waals surface area contributed by atoms with Crippen LogP contribution in [0.3, 0.4) is 0 Å². The highest BCUT2D eigenvalue weighted by Gasteiger charge is 2.34. The summed E-state index contributed by atoms with van der Waals surface area (Å²) in [6.45, 7) is 12.5. The van der Waals surface area contributed by atoms with Crippen molar-refractivity contribution in [2.24, 2.45) is 11.8 Å². The van der Waals surface area contributed by atoms with Crippen molar-refractivity contribution in [3.05, 3.63) is 69.6 Å². The first-order valence-corrected chi connectivity index (χ1v) is 13.8. The lowest BCUT2D eigenvalue weighted by molar-refractivity contribution is 0.0788. The normalized spacial score (nSPS) is 28.3. The number of hydrogen-bond donors (Lipinski definition) is 0. The van der Waals surface area contributed by atoms with Crippen molar-refractivity contribution in [3.63, 3.8) is 0 Å². The van der Waals surface area contributed by atoms with E-state index in [0.717, 1.165) is 67.7 Å². The first kappa shape index (κ1) is 23.9. The zero-order chi connectivity index (χ0) is 24.4. The summed E-state index contributed by atoms with van der Waals surface area (Å²) in [5, 5.41) is 10.1. The highest BCUT2D eigenvalue weighted by atomic mass is 16.5. The molecule has 1 unspecified atom stereocenters. The topological polar surface area (TPSA) is 37.4 Å². The van der Waals surface area contributed by atoms with E-state index in [1.807, 2.05) is 0 Å². The Bertz CT molecular complexity index is 1120. The predicted octanol–water partition coefficient (Wildman–Crippen LogP) is 8.63.